The van der Waals surface area contributed by atoms with Crippen LogP contribution in [0.3, 0.4) is 0 Å². The van der Waals surface area contributed by atoms with Crippen LogP contribution in [0.4, 0.5) is 0 Å². The minimum atomic E-state index is -0.0448. The summed E-state index contributed by atoms with van der Waals surface area (Å²) < 4.78 is 0.743. The molecule has 0 aliphatic carbocycles. The van der Waals surface area contributed by atoms with Crippen molar-refractivity contribution in [3.63, 3.8) is 0 Å². The van der Waals surface area contributed by atoms with Crippen LogP contribution in [0.5, 0.6) is 0 Å². The average molecular weight is 369 g/mol. The van der Waals surface area contributed by atoms with E-state index in [1.54, 1.807) is 0 Å². The molecule has 26 heavy (non-hydrogen) atoms. The van der Waals surface area contributed by atoms with E-state index in [0.717, 1.165) is 57.7 Å². The summed E-state index contributed by atoms with van der Waals surface area (Å²) in [5, 5.41) is 13.8. The quantitative estimate of drug-likeness (QED) is 0.732. The fourth-order valence-electron chi connectivity index (χ4n) is 3.81. The molecule has 2 N–H and O–H groups in total. The summed E-state index contributed by atoms with van der Waals surface area (Å²) in [6.45, 7) is 5.53. The molecule has 1 fully saturated rings. The number of nitrogens with zero attached hydrogens (tertiary/aromatic N) is 1. The van der Waals surface area contributed by atoms with Crippen molar-refractivity contribution in [2.75, 3.05) is 19.6 Å². The molecule has 0 atom stereocenters. The van der Waals surface area contributed by atoms with Gasteiger partial charge >= 0.3 is 0 Å². The Morgan fingerprint density at radius 3 is 2.88 bits per heavy atom. The maximum Gasteiger partial charge on any atom is 0.266 e. The summed E-state index contributed by atoms with van der Waals surface area (Å²) in [5.41, 5.74) is 2.68. The van der Waals surface area contributed by atoms with Gasteiger partial charge in [0.05, 0.1) is 6.61 Å². The summed E-state index contributed by atoms with van der Waals surface area (Å²) in [6, 6.07) is 5.80. The van der Waals surface area contributed by atoms with Gasteiger partial charge in [-0.15, -0.1) is 11.3 Å². The van der Waals surface area contributed by atoms with Crippen LogP contribution in [0.15, 0.2) is 34.4 Å². The van der Waals surface area contributed by atoms with Crippen LogP contribution in [-0.2, 0) is 6.61 Å². The SMILES string of the molecule is CC1CCN(C/C=C/c2c(CO)ccc3[nH]c(=O)c4sccc4c23)CC1. The molecule has 1 aliphatic heterocycles. The van der Waals surface area contributed by atoms with Gasteiger partial charge in [-0.1, -0.05) is 25.1 Å². The summed E-state index contributed by atoms with van der Waals surface area (Å²) in [7, 11) is 0. The van der Waals surface area contributed by atoms with Crippen molar-refractivity contribution in [2.24, 2.45) is 5.92 Å². The van der Waals surface area contributed by atoms with E-state index >= 15 is 0 Å². The second-order valence-corrected chi connectivity index (χ2v) is 8.14. The summed E-state index contributed by atoms with van der Waals surface area (Å²) in [4.78, 5) is 17.7. The number of likely N-dealkylation sites (tertiary alicyclic amines) is 1. The molecule has 3 heterocycles. The van der Waals surface area contributed by atoms with Crippen molar-refractivity contribution < 1.29 is 5.11 Å². The fraction of sp³-hybridized carbons (Fsp3) is 0.381. The zero-order chi connectivity index (χ0) is 18.1. The van der Waals surface area contributed by atoms with Gasteiger partial charge in [-0.3, -0.25) is 9.69 Å². The van der Waals surface area contributed by atoms with E-state index < -0.39 is 0 Å². The van der Waals surface area contributed by atoms with Crippen molar-refractivity contribution in [3.05, 3.63) is 51.1 Å². The molecule has 1 aliphatic rings. The first-order valence-electron chi connectivity index (χ1n) is 9.22. The number of aliphatic hydroxyl groups excluding tert-OH is 1. The van der Waals surface area contributed by atoms with Crippen LogP contribution < -0.4 is 5.56 Å². The summed E-state index contributed by atoms with van der Waals surface area (Å²) in [5.74, 6) is 0.831. The minimum absolute atomic E-state index is 0.0123. The molecule has 136 valence electrons. The van der Waals surface area contributed by atoms with Crippen molar-refractivity contribution in [1.82, 2.24) is 9.88 Å². The number of rotatable bonds is 4. The van der Waals surface area contributed by atoms with Gasteiger partial charge in [0, 0.05) is 22.8 Å². The first-order chi connectivity index (χ1) is 12.7. The summed E-state index contributed by atoms with van der Waals surface area (Å²) in [6.07, 6.45) is 6.83. The van der Waals surface area contributed by atoms with Crippen LogP contribution in [0.1, 0.15) is 30.9 Å². The van der Waals surface area contributed by atoms with E-state index in [1.165, 1.54) is 24.2 Å². The molecule has 0 radical (unpaired) electrons. The maximum atomic E-state index is 12.2. The molecule has 4 nitrogen and oxygen atoms in total. The number of benzene rings is 1. The van der Waals surface area contributed by atoms with Crippen LogP contribution in [0, 0.1) is 5.92 Å². The third-order valence-electron chi connectivity index (χ3n) is 5.42. The number of H-pyrrole nitrogens is 1. The van der Waals surface area contributed by atoms with Crippen molar-refractivity contribution in [3.8, 4) is 0 Å². The number of hydrogen-bond acceptors (Lipinski definition) is 4. The standard InChI is InChI=1S/C21H24N2O2S/c1-14-6-10-23(11-7-14)9-2-3-16-15(13-24)4-5-18-19(16)17-8-12-26-20(17)21(25)22-18/h2-5,8,12,14,24H,6-7,9-11,13H2,1H3,(H,22,25)/b3-2+. The molecule has 5 heteroatoms. The van der Waals surface area contributed by atoms with Gasteiger partial charge in [-0.2, -0.15) is 0 Å². The molecule has 0 amide bonds. The first kappa shape index (κ1) is 17.5. The molecular formula is C21H24N2O2S. The predicted octanol–water partition coefficient (Wildman–Crippen LogP) is 3.98. The van der Waals surface area contributed by atoms with E-state index in [-0.39, 0.29) is 12.2 Å². The Morgan fingerprint density at radius 1 is 1.31 bits per heavy atom. The average Bonchev–Trinajstić information content (AvgIpc) is 3.14. The zero-order valence-electron chi connectivity index (χ0n) is 15.0. The smallest absolute Gasteiger partial charge is 0.266 e. The number of piperidine rings is 1. The molecular weight excluding hydrogens is 344 g/mol. The number of hydrogen-bond donors (Lipinski definition) is 2. The van der Waals surface area contributed by atoms with E-state index in [1.807, 2.05) is 23.6 Å². The highest BCUT2D eigenvalue weighted by Gasteiger charge is 2.15. The zero-order valence-corrected chi connectivity index (χ0v) is 15.8. The first-order valence-corrected chi connectivity index (χ1v) is 10.1. The summed E-state index contributed by atoms with van der Waals surface area (Å²) >= 11 is 1.46. The van der Waals surface area contributed by atoms with Crippen molar-refractivity contribution >= 4 is 38.4 Å². The normalized spacial score (nSPS) is 17.0. The van der Waals surface area contributed by atoms with Crippen molar-refractivity contribution in [2.45, 2.75) is 26.4 Å². The van der Waals surface area contributed by atoms with Gasteiger partial charge in [0.25, 0.3) is 5.56 Å². The lowest BCUT2D eigenvalue weighted by Crippen LogP contribution is -2.32. The number of aromatic nitrogens is 1. The van der Waals surface area contributed by atoms with Gasteiger partial charge < -0.3 is 10.1 Å². The highest BCUT2D eigenvalue weighted by Crippen LogP contribution is 2.31. The molecule has 0 unspecified atom stereocenters. The molecule has 0 saturated carbocycles. The Labute approximate surface area is 156 Å². The number of nitrogens with one attached hydrogen (secondary N) is 1. The largest absolute Gasteiger partial charge is 0.392 e. The number of fused-ring (bicyclic) bond motifs is 3. The predicted molar refractivity (Wildman–Crippen MR) is 110 cm³/mol. The molecule has 3 aromatic rings. The Bertz CT molecular complexity index is 1010. The van der Waals surface area contributed by atoms with E-state index in [2.05, 4.69) is 29.0 Å². The Morgan fingerprint density at radius 2 is 2.12 bits per heavy atom. The molecule has 4 rings (SSSR count). The van der Waals surface area contributed by atoms with E-state index in [4.69, 9.17) is 0 Å². The monoisotopic (exact) mass is 368 g/mol. The van der Waals surface area contributed by atoms with Crippen LogP contribution in [0.2, 0.25) is 0 Å². The number of aromatic amines is 1. The van der Waals surface area contributed by atoms with Crippen LogP contribution in [0.25, 0.3) is 27.1 Å². The molecule has 1 aromatic carbocycles. The third kappa shape index (κ3) is 3.22. The topological polar surface area (TPSA) is 56.3 Å². The van der Waals surface area contributed by atoms with Gasteiger partial charge in [0.1, 0.15) is 4.70 Å². The lowest BCUT2D eigenvalue weighted by atomic mass is 9.98. The second kappa shape index (κ2) is 7.35. The Kier molecular flexibility index (Phi) is 4.94. The van der Waals surface area contributed by atoms with Gasteiger partial charge in [-0.25, -0.2) is 0 Å². The number of thiophene rings is 1. The Balaban J connectivity index is 1.74. The molecule has 0 bridgehead atoms. The fourth-order valence-corrected chi connectivity index (χ4v) is 4.61. The number of pyridine rings is 1. The molecule has 1 saturated heterocycles. The van der Waals surface area contributed by atoms with Crippen LogP contribution in [-0.4, -0.2) is 34.6 Å². The Hall–Kier alpha value is -1.95. The van der Waals surface area contributed by atoms with Gasteiger partial charge in [-0.05, 0) is 60.5 Å². The third-order valence-corrected chi connectivity index (χ3v) is 6.33. The lowest BCUT2D eigenvalue weighted by molar-refractivity contribution is 0.210. The van der Waals surface area contributed by atoms with Gasteiger partial charge in [0.15, 0.2) is 0 Å². The molecule has 0 spiro atoms. The number of aliphatic hydroxyl groups is 1. The highest BCUT2D eigenvalue weighted by molar-refractivity contribution is 7.17. The highest BCUT2D eigenvalue weighted by atomic mass is 32.1. The van der Waals surface area contributed by atoms with Crippen molar-refractivity contribution in [1.29, 1.82) is 0 Å². The molecule has 2 aromatic heterocycles. The van der Waals surface area contributed by atoms with Gasteiger partial charge in [0.2, 0.25) is 0 Å². The maximum absolute atomic E-state index is 12.2. The lowest BCUT2D eigenvalue weighted by Gasteiger charge is -2.29. The minimum Gasteiger partial charge on any atom is -0.392 e. The van der Waals surface area contributed by atoms with E-state index in [0.29, 0.717) is 0 Å². The van der Waals surface area contributed by atoms with Crippen LogP contribution >= 0.6 is 11.3 Å². The van der Waals surface area contributed by atoms with E-state index in [9.17, 15) is 9.90 Å². The second-order valence-electron chi connectivity index (χ2n) is 7.22.